The van der Waals surface area contributed by atoms with Crippen molar-refractivity contribution in [1.82, 2.24) is 48.8 Å². The van der Waals surface area contributed by atoms with E-state index in [1.54, 1.807) is 0 Å². The van der Waals surface area contributed by atoms with E-state index in [0.717, 1.165) is 6.33 Å². The van der Waals surface area contributed by atoms with Crippen LogP contribution in [-0.4, -0.2) is 146 Å². The standard InChI is InChI=1S/C20H24N10O11P2S.2C6H15N/c21-15-11-16(24-4-23-15)29(5-25-11)10-1-7-9(38-10)3-44-43(35,36)41-14-13(31)8(2-37-42(33,34)40-7)39-19(14)30-6-26-12-17(30)27-20(22)28-18(12)32;2*1-4-7(5-2)6-3/h4-10,13-14,19,31H,1-3H2,(H,33,34)(H,35,36)(H2,21,23,24)(H3,22,27,28,32);2*4-6H2,1-3H3/t7-,8+,9+,10+,13+,14+,19+;;/m0../s1. The van der Waals surface area contributed by atoms with Gasteiger partial charge in [0.1, 0.15) is 42.5 Å². The van der Waals surface area contributed by atoms with Gasteiger partial charge in [-0.3, -0.25) is 32.5 Å². The lowest BCUT2D eigenvalue weighted by Crippen LogP contribution is -2.35. The minimum absolute atomic E-state index is 0.00130. The normalized spacial score (nSPS) is 30.2. The first kappa shape index (κ1) is 46.0. The molecule has 0 aromatic carbocycles. The third-order valence-corrected chi connectivity index (χ3v) is 13.9. The lowest BCUT2D eigenvalue weighted by molar-refractivity contribution is -0.0524. The Kier molecular flexibility index (Phi) is 15.8. The molecule has 4 aromatic heterocycles. The van der Waals surface area contributed by atoms with Crippen molar-refractivity contribution in [2.45, 2.75) is 90.9 Å². The molecule has 324 valence electrons. The molecule has 26 heteroatoms. The van der Waals surface area contributed by atoms with Gasteiger partial charge in [-0.1, -0.05) is 41.5 Å². The fraction of sp³-hybridized carbons (Fsp3) is 0.688. The van der Waals surface area contributed by atoms with Gasteiger partial charge in [0.15, 0.2) is 28.9 Å². The molecule has 2 unspecified atom stereocenters. The highest BCUT2D eigenvalue weighted by Crippen LogP contribution is 2.60. The van der Waals surface area contributed by atoms with E-state index >= 15 is 0 Å². The summed E-state index contributed by atoms with van der Waals surface area (Å²) in [7, 11) is -4.82. The first-order valence-corrected chi connectivity index (χ1v) is 23.7. The van der Waals surface area contributed by atoms with Crippen LogP contribution in [0.2, 0.25) is 0 Å². The summed E-state index contributed by atoms with van der Waals surface area (Å²) in [4.78, 5) is 61.1. The summed E-state index contributed by atoms with van der Waals surface area (Å²) in [5, 5.41) is 11.0. The number of nitrogens with one attached hydrogen (secondary N) is 1. The molecule has 0 saturated carbocycles. The number of phosphoric ester groups is 1. The molecule has 58 heavy (non-hydrogen) atoms. The Bertz CT molecular complexity index is 2100. The summed E-state index contributed by atoms with van der Waals surface area (Å²) in [5.74, 6) is -0.356. The van der Waals surface area contributed by atoms with E-state index in [0.29, 0.717) is 22.5 Å². The molecule has 2 bridgehead atoms. The fourth-order valence-electron chi connectivity index (χ4n) is 6.60. The molecule has 8 N–H and O–H groups in total. The van der Waals surface area contributed by atoms with Crippen molar-refractivity contribution >= 4 is 60.1 Å². The maximum atomic E-state index is 13.4. The number of aliphatic hydroxyl groups is 1. The first-order chi connectivity index (χ1) is 27.6. The van der Waals surface area contributed by atoms with Gasteiger partial charge in [-0.15, -0.1) is 0 Å². The van der Waals surface area contributed by atoms with Crippen LogP contribution in [0, 0.1) is 0 Å². The second-order valence-electron chi connectivity index (χ2n) is 13.3. The second kappa shape index (κ2) is 20.0. The number of fused-ring (bicyclic) bond motifs is 5. The van der Waals surface area contributed by atoms with Crippen LogP contribution in [0.5, 0.6) is 0 Å². The Morgan fingerprint density at radius 3 is 2.09 bits per heavy atom. The summed E-state index contributed by atoms with van der Waals surface area (Å²) >= 11 is 0.448. The third kappa shape index (κ3) is 10.8. The topological polar surface area (TPSA) is 307 Å². The summed E-state index contributed by atoms with van der Waals surface area (Å²) in [6.07, 6.45) is -5.07. The summed E-state index contributed by atoms with van der Waals surface area (Å²) in [6, 6.07) is 0. The molecule has 3 fully saturated rings. The van der Waals surface area contributed by atoms with E-state index in [-0.39, 0.29) is 35.1 Å². The lowest BCUT2D eigenvalue weighted by Gasteiger charge is -2.25. The SMILES string of the molecule is CCN(CC)CC.CCN(CC)CC.Nc1nc2c(ncn2[C@@H]2O[C@@H]3COP(=O)(O)O[C@H]4C[C@H](n5cnc6c(N)ncnc65)O[C@@H]4CSP(=O)(O)O[C@@H]2[C@@H]3O)c(=O)[nH]1. The van der Waals surface area contributed by atoms with Gasteiger partial charge < -0.3 is 45.6 Å². The number of nitrogens with zero attached hydrogens (tertiary/aromatic N) is 9. The number of imidazole rings is 2. The number of hydrogen-bond acceptors (Lipinski definition) is 19. The molecule has 3 saturated heterocycles. The van der Waals surface area contributed by atoms with Gasteiger partial charge in [0.05, 0.1) is 25.4 Å². The number of aliphatic hydroxyl groups excluding tert-OH is 1. The maximum Gasteiger partial charge on any atom is 0.472 e. The van der Waals surface area contributed by atoms with Gasteiger partial charge in [0.2, 0.25) is 5.95 Å². The predicted molar refractivity (Wildman–Crippen MR) is 215 cm³/mol. The smallest absolute Gasteiger partial charge is 0.387 e. The van der Waals surface area contributed by atoms with Crippen molar-refractivity contribution in [2.24, 2.45) is 0 Å². The zero-order valence-corrected chi connectivity index (χ0v) is 35.8. The number of aromatic amines is 1. The molecule has 0 amide bonds. The molecule has 4 aromatic rings. The van der Waals surface area contributed by atoms with Gasteiger partial charge in [-0.25, -0.2) is 29.1 Å². The van der Waals surface area contributed by atoms with E-state index in [2.05, 4.69) is 81.2 Å². The lowest BCUT2D eigenvalue weighted by atomic mass is 10.1. The zero-order valence-electron chi connectivity index (χ0n) is 33.2. The molecule has 0 aliphatic carbocycles. The Hall–Kier alpha value is -3.09. The van der Waals surface area contributed by atoms with Gasteiger partial charge in [0, 0.05) is 12.2 Å². The molecule has 7 heterocycles. The van der Waals surface area contributed by atoms with E-state index in [1.807, 2.05) is 0 Å². The zero-order chi connectivity index (χ0) is 42.4. The number of nitrogen functional groups attached to an aromatic ring is 2. The van der Waals surface area contributed by atoms with Crippen LogP contribution in [0.1, 0.15) is 60.4 Å². The molecule has 7 rings (SSSR count). The monoisotopic (exact) mass is 876 g/mol. The predicted octanol–water partition coefficient (Wildman–Crippen LogP) is 2.10. The van der Waals surface area contributed by atoms with Crippen molar-refractivity contribution < 1.29 is 47.1 Å². The molecule has 3 aliphatic heterocycles. The molecular formula is C32H54N12O11P2S. The quantitative estimate of drug-likeness (QED) is 0.138. The Morgan fingerprint density at radius 2 is 1.47 bits per heavy atom. The van der Waals surface area contributed by atoms with Crippen LogP contribution in [0.15, 0.2) is 23.8 Å². The van der Waals surface area contributed by atoms with Crippen LogP contribution < -0.4 is 17.0 Å². The average molecular weight is 877 g/mol. The number of hydrogen-bond donors (Lipinski definition) is 6. The maximum absolute atomic E-state index is 13.4. The van der Waals surface area contributed by atoms with Crippen molar-refractivity contribution in [3.05, 3.63) is 29.3 Å². The average Bonchev–Trinajstić information content (AvgIpc) is 3.97. The van der Waals surface area contributed by atoms with E-state index in [4.69, 9.17) is 34.5 Å². The van der Waals surface area contributed by atoms with E-state index in [1.165, 1.54) is 61.1 Å². The minimum atomic E-state index is -4.82. The van der Waals surface area contributed by atoms with Crippen LogP contribution in [0.4, 0.5) is 11.8 Å². The number of aromatic nitrogens is 8. The van der Waals surface area contributed by atoms with E-state index in [9.17, 15) is 28.8 Å². The van der Waals surface area contributed by atoms with Gasteiger partial charge >= 0.3 is 14.6 Å². The van der Waals surface area contributed by atoms with Crippen LogP contribution >= 0.6 is 26.0 Å². The number of anilines is 2. The Labute approximate surface area is 338 Å². The fourth-order valence-corrected chi connectivity index (χ4v) is 10.3. The van der Waals surface area contributed by atoms with Crippen molar-refractivity contribution in [1.29, 1.82) is 0 Å². The molecule has 23 nitrogen and oxygen atoms in total. The van der Waals surface area contributed by atoms with Crippen LogP contribution in [0.3, 0.4) is 0 Å². The highest BCUT2D eigenvalue weighted by Gasteiger charge is 2.51. The summed E-state index contributed by atoms with van der Waals surface area (Å²) in [5.41, 5.74) is 11.4. The number of ether oxygens (including phenoxy) is 2. The molecule has 9 atom stereocenters. The number of phosphoric acid groups is 1. The summed E-state index contributed by atoms with van der Waals surface area (Å²) < 4.78 is 57.3. The minimum Gasteiger partial charge on any atom is -0.387 e. The highest BCUT2D eigenvalue weighted by molar-refractivity contribution is 8.54. The van der Waals surface area contributed by atoms with Crippen molar-refractivity contribution in [2.75, 3.05) is 63.1 Å². The second-order valence-corrected chi connectivity index (χ2v) is 18.6. The van der Waals surface area contributed by atoms with Crippen LogP contribution in [0.25, 0.3) is 22.3 Å². The number of nitrogens with two attached hydrogens (primary N) is 2. The van der Waals surface area contributed by atoms with Gasteiger partial charge in [0.25, 0.3) is 5.56 Å². The Morgan fingerprint density at radius 1 is 0.845 bits per heavy atom. The largest absolute Gasteiger partial charge is 0.472 e. The first-order valence-electron chi connectivity index (χ1n) is 19.0. The van der Waals surface area contributed by atoms with Gasteiger partial charge in [-0.2, -0.15) is 4.98 Å². The van der Waals surface area contributed by atoms with Crippen molar-refractivity contribution in [3.63, 3.8) is 0 Å². The highest BCUT2D eigenvalue weighted by atomic mass is 32.7. The van der Waals surface area contributed by atoms with Gasteiger partial charge in [-0.05, 0) is 50.7 Å². The van der Waals surface area contributed by atoms with E-state index < -0.39 is 69.8 Å². The molecular weight excluding hydrogens is 822 g/mol. The third-order valence-electron chi connectivity index (χ3n) is 9.93. The van der Waals surface area contributed by atoms with Crippen molar-refractivity contribution in [3.8, 4) is 0 Å². The molecule has 0 spiro atoms. The Balaban J connectivity index is 0.000000393. The molecule has 3 aliphatic rings. The van der Waals surface area contributed by atoms with Crippen LogP contribution in [-0.2, 0) is 32.2 Å². The number of rotatable bonds is 8. The summed E-state index contributed by atoms with van der Waals surface area (Å²) in [6.45, 7) is 15.0. The molecule has 0 radical (unpaired) electrons. The number of H-pyrrole nitrogens is 1.